The molecule has 0 saturated heterocycles. The predicted octanol–water partition coefficient (Wildman–Crippen LogP) is 2.58. The van der Waals surface area contributed by atoms with Gasteiger partial charge in [-0.3, -0.25) is 4.21 Å². The van der Waals surface area contributed by atoms with Crippen molar-refractivity contribution in [2.75, 3.05) is 6.26 Å². The monoisotopic (exact) mass is 222 g/mol. The number of benzene rings is 1. The van der Waals surface area contributed by atoms with Crippen molar-refractivity contribution in [3.8, 4) is 0 Å². The maximum absolute atomic E-state index is 12.4. The van der Waals surface area contributed by atoms with Crippen LogP contribution < -0.4 is 0 Å². The summed E-state index contributed by atoms with van der Waals surface area (Å²) in [7, 11) is -1.26. The second-order valence-electron chi connectivity index (χ2n) is 2.87. The van der Waals surface area contributed by atoms with Gasteiger partial charge in [0.25, 0.3) is 0 Å². The number of alkyl halides is 3. The molecule has 1 aromatic rings. The fourth-order valence-corrected chi connectivity index (χ4v) is 1.83. The zero-order valence-electron chi connectivity index (χ0n) is 7.47. The molecule has 0 N–H and O–H groups in total. The van der Waals surface area contributed by atoms with Crippen LogP contribution in [-0.2, 0) is 22.7 Å². The molecule has 1 nitrogen and oxygen atoms in total. The lowest BCUT2D eigenvalue weighted by atomic mass is 10.1. The molecule has 1 aromatic carbocycles. The summed E-state index contributed by atoms with van der Waals surface area (Å²) in [5.74, 6) is -0.0598. The molecule has 1 atom stereocenters. The minimum Gasteiger partial charge on any atom is -0.260 e. The van der Waals surface area contributed by atoms with E-state index in [1.165, 1.54) is 24.5 Å². The van der Waals surface area contributed by atoms with Gasteiger partial charge in [-0.1, -0.05) is 18.2 Å². The van der Waals surface area contributed by atoms with E-state index in [0.29, 0.717) is 0 Å². The molecule has 0 amide bonds. The van der Waals surface area contributed by atoms with E-state index in [1.54, 1.807) is 0 Å². The van der Waals surface area contributed by atoms with E-state index in [0.717, 1.165) is 6.07 Å². The molecular formula is C9H9F3OS. The van der Waals surface area contributed by atoms with Crippen LogP contribution in [0.15, 0.2) is 24.3 Å². The van der Waals surface area contributed by atoms with E-state index < -0.39 is 22.5 Å². The predicted molar refractivity (Wildman–Crippen MR) is 49.2 cm³/mol. The molecule has 0 saturated carbocycles. The van der Waals surface area contributed by atoms with Crippen molar-refractivity contribution < 1.29 is 17.4 Å². The molecule has 0 bridgehead atoms. The van der Waals surface area contributed by atoms with Gasteiger partial charge in [0, 0.05) is 22.8 Å². The molecular weight excluding hydrogens is 213 g/mol. The number of rotatable bonds is 2. The van der Waals surface area contributed by atoms with Gasteiger partial charge >= 0.3 is 6.18 Å². The molecule has 0 fully saturated rings. The van der Waals surface area contributed by atoms with E-state index in [9.17, 15) is 17.4 Å². The Morgan fingerprint density at radius 1 is 1.29 bits per heavy atom. The highest BCUT2D eigenvalue weighted by Crippen LogP contribution is 2.32. The van der Waals surface area contributed by atoms with Gasteiger partial charge in [-0.2, -0.15) is 13.2 Å². The average molecular weight is 222 g/mol. The van der Waals surface area contributed by atoms with Crippen LogP contribution in [0.5, 0.6) is 0 Å². The molecule has 0 aliphatic rings. The summed E-state index contributed by atoms with van der Waals surface area (Å²) in [6.07, 6.45) is -2.98. The molecule has 5 heteroatoms. The van der Waals surface area contributed by atoms with E-state index in [2.05, 4.69) is 0 Å². The molecule has 1 unspecified atom stereocenters. The van der Waals surface area contributed by atoms with Crippen molar-refractivity contribution in [1.82, 2.24) is 0 Å². The first kappa shape index (κ1) is 11.2. The van der Waals surface area contributed by atoms with Gasteiger partial charge in [0.1, 0.15) is 0 Å². The van der Waals surface area contributed by atoms with Gasteiger partial charge in [-0.25, -0.2) is 0 Å². The van der Waals surface area contributed by atoms with Gasteiger partial charge in [0.15, 0.2) is 0 Å². The highest BCUT2D eigenvalue weighted by Gasteiger charge is 2.32. The first-order valence-corrected chi connectivity index (χ1v) is 5.59. The minimum atomic E-state index is -4.37. The summed E-state index contributed by atoms with van der Waals surface area (Å²) < 4.78 is 48.0. The summed E-state index contributed by atoms with van der Waals surface area (Å²) in [5, 5.41) is 0. The average Bonchev–Trinajstić information content (AvgIpc) is 2.01. The molecule has 1 rings (SSSR count). The Morgan fingerprint density at radius 2 is 1.86 bits per heavy atom. The maximum Gasteiger partial charge on any atom is 0.416 e. The zero-order chi connectivity index (χ0) is 10.8. The van der Waals surface area contributed by atoms with Crippen LogP contribution in [-0.4, -0.2) is 10.5 Å². The quantitative estimate of drug-likeness (QED) is 0.751. The molecule has 0 spiro atoms. The van der Waals surface area contributed by atoms with E-state index in [4.69, 9.17) is 0 Å². The highest BCUT2D eigenvalue weighted by atomic mass is 32.2. The summed E-state index contributed by atoms with van der Waals surface area (Å²) in [4.78, 5) is 0. The third kappa shape index (κ3) is 2.83. The third-order valence-corrected chi connectivity index (χ3v) is 2.40. The largest absolute Gasteiger partial charge is 0.416 e. The molecule has 14 heavy (non-hydrogen) atoms. The van der Waals surface area contributed by atoms with E-state index in [-0.39, 0.29) is 11.3 Å². The summed E-state index contributed by atoms with van der Waals surface area (Å²) in [6, 6.07) is 5.19. The van der Waals surface area contributed by atoms with Crippen molar-refractivity contribution >= 4 is 10.8 Å². The Morgan fingerprint density at radius 3 is 2.36 bits per heavy atom. The number of halogens is 3. The van der Waals surface area contributed by atoms with Gasteiger partial charge in [0.05, 0.1) is 5.56 Å². The fourth-order valence-electron chi connectivity index (χ4n) is 1.14. The Labute approximate surface area is 82.4 Å². The molecule has 78 valence electrons. The topological polar surface area (TPSA) is 17.1 Å². The van der Waals surface area contributed by atoms with Crippen molar-refractivity contribution in [3.05, 3.63) is 35.4 Å². The van der Waals surface area contributed by atoms with Crippen LogP contribution >= 0.6 is 0 Å². The lowest BCUT2D eigenvalue weighted by molar-refractivity contribution is -0.138. The second-order valence-corrected chi connectivity index (χ2v) is 4.31. The summed E-state index contributed by atoms with van der Waals surface area (Å²) in [5.41, 5.74) is -0.615. The number of hydrogen-bond donors (Lipinski definition) is 0. The SMILES string of the molecule is CS(=O)Cc1ccccc1C(F)(F)F. The molecule has 0 aromatic heterocycles. The standard InChI is InChI=1S/C9H9F3OS/c1-14(13)6-7-4-2-3-5-8(7)9(10,11)12/h2-5H,6H2,1H3. The maximum atomic E-state index is 12.4. The highest BCUT2D eigenvalue weighted by molar-refractivity contribution is 7.83. The second kappa shape index (κ2) is 4.13. The van der Waals surface area contributed by atoms with E-state index >= 15 is 0 Å². The summed E-state index contributed by atoms with van der Waals surface area (Å²) >= 11 is 0. The normalized spacial score (nSPS) is 14.0. The Hall–Kier alpha value is -0.840. The van der Waals surface area contributed by atoms with Crippen LogP contribution in [0.1, 0.15) is 11.1 Å². The lowest BCUT2D eigenvalue weighted by Crippen LogP contribution is -2.09. The first-order valence-electron chi connectivity index (χ1n) is 3.86. The minimum absolute atomic E-state index is 0.0598. The molecule has 0 aliphatic heterocycles. The van der Waals surface area contributed by atoms with Crippen LogP contribution in [0.4, 0.5) is 13.2 Å². The zero-order valence-corrected chi connectivity index (χ0v) is 8.28. The molecule has 0 aliphatic carbocycles. The van der Waals surface area contributed by atoms with Crippen molar-refractivity contribution in [3.63, 3.8) is 0 Å². The Balaban J connectivity index is 3.10. The first-order chi connectivity index (χ1) is 6.41. The van der Waals surface area contributed by atoms with Crippen LogP contribution in [0.3, 0.4) is 0 Å². The van der Waals surface area contributed by atoms with Crippen LogP contribution in [0.2, 0.25) is 0 Å². The van der Waals surface area contributed by atoms with E-state index in [1.807, 2.05) is 0 Å². The Bertz CT molecular complexity index is 346. The molecule has 0 radical (unpaired) electrons. The van der Waals surface area contributed by atoms with Crippen molar-refractivity contribution in [2.45, 2.75) is 11.9 Å². The third-order valence-electron chi connectivity index (χ3n) is 1.68. The van der Waals surface area contributed by atoms with Crippen molar-refractivity contribution in [2.24, 2.45) is 0 Å². The van der Waals surface area contributed by atoms with Gasteiger partial charge < -0.3 is 0 Å². The Kier molecular flexibility index (Phi) is 3.31. The van der Waals surface area contributed by atoms with Crippen molar-refractivity contribution in [1.29, 1.82) is 0 Å². The molecule has 0 heterocycles. The lowest BCUT2D eigenvalue weighted by Gasteiger charge is -2.11. The summed E-state index contributed by atoms with van der Waals surface area (Å²) in [6.45, 7) is 0. The number of hydrogen-bond acceptors (Lipinski definition) is 1. The van der Waals surface area contributed by atoms with Crippen LogP contribution in [0, 0.1) is 0 Å². The van der Waals surface area contributed by atoms with Gasteiger partial charge in [-0.05, 0) is 11.6 Å². The smallest absolute Gasteiger partial charge is 0.260 e. The fraction of sp³-hybridized carbons (Fsp3) is 0.333. The van der Waals surface area contributed by atoms with Gasteiger partial charge in [-0.15, -0.1) is 0 Å². The van der Waals surface area contributed by atoms with Gasteiger partial charge in [0.2, 0.25) is 0 Å². The van der Waals surface area contributed by atoms with Crippen LogP contribution in [0.25, 0.3) is 0 Å².